The largest absolute Gasteiger partial charge is 0.463 e. The normalized spacial score (nSPS) is 14.3. The van der Waals surface area contributed by atoms with Crippen molar-refractivity contribution in [2.45, 2.75) is 11.7 Å². The Hall–Kier alpha value is -2.48. The monoisotopic (exact) mass is 335 g/mol. The van der Waals surface area contributed by atoms with E-state index in [1.165, 1.54) is 18.4 Å². The molecule has 2 aromatic rings. The van der Waals surface area contributed by atoms with E-state index in [9.17, 15) is 13.6 Å². The quantitative estimate of drug-likeness (QED) is 0.925. The number of alkyl halides is 2. The maximum absolute atomic E-state index is 14.0. The molecule has 0 spiro atoms. The average Bonchev–Trinajstić information content (AvgIpc) is 3.18. The molecule has 1 aliphatic rings. The average molecular weight is 335 g/mol. The maximum atomic E-state index is 14.0. The highest BCUT2D eigenvalue weighted by Gasteiger charge is 2.42. The van der Waals surface area contributed by atoms with E-state index < -0.39 is 11.2 Å². The van der Waals surface area contributed by atoms with Gasteiger partial charge >= 0.3 is 11.2 Å². The Balaban J connectivity index is 1.60. The fourth-order valence-electron chi connectivity index (χ4n) is 1.89. The van der Waals surface area contributed by atoms with E-state index >= 15 is 0 Å². The van der Waals surface area contributed by atoms with Crippen molar-refractivity contribution in [3.05, 3.63) is 54.5 Å². The Labute approximate surface area is 134 Å². The molecule has 1 N–H and O–H groups in total. The van der Waals surface area contributed by atoms with Gasteiger partial charge in [-0.05, 0) is 36.0 Å². The SMILES string of the molecule is O=C(Nc1ccccc1)C(F)(F)SC1=NN=C(c2ccco2)C1. The summed E-state index contributed by atoms with van der Waals surface area (Å²) >= 11 is 0.0862. The number of rotatable bonds is 4. The Morgan fingerprint density at radius 3 is 2.65 bits per heavy atom. The zero-order valence-electron chi connectivity index (χ0n) is 11.7. The number of thioether (sulfide) groups is 1. The number of anilines is 1. The summed E-state index contributed by atoms with van der Waals surface area (Å²) in [5, 5.41) is 6.09. The van der Waals surface area contributed by atoms with Gasteiger partial charge < -0.3 is 9.73 Å². The van der Waals surface area contributed by atoms with E-state index in [0.29, 0.717) is 17.2 Å². The smallest absolute Gasteiger partial charge is 0.376 e. The van der Waals surface area contributed by atoms with E-state index in [-0.39, 0.29) is 23.2 Å². The highest BCUT2D eigenvalue weighted by Crippen LogP contribution is 2.34. The van der Waals surface area contributed by atoms with Gasteiger partial charge in [0.05, 0.1) is 6.26 Å². The van der Waals surface area contributed by atoms with Crippen LogP contribution in [-0.2, 0) is 4.79 Å². The fraction of sp³-hybridized carbons (Fsp3) is 0.133. The third-order valence-corrected chi connectivity index (χ3v) is 3.85. The van der Waals surface area contributed by atoms with Gasteiger partial charge in [0.2, 0.25) is 0 Å². The number of hydrogen-bond acceptors (Lipinski definition) is 5. The molecule has 1 aliphatic heterocycles. The first-order valence-electron chi connectivity index (χ1n) is 6.65. The Morgan fingerprint density at radius 1 is 1.17 bits per heavy atom. The van der Waals surface area contributed by atoms with Gasteiger partial charge in [-0.2, -0.15) is 13.9 Å². The van der Waals surface area contributed by atoms with Crippen molar-refractivity contribution in [2.24, 2.45) is 10.2 Å². The van der Waals surface area contributed by atoms with Crippen LogP contribution in [0.5, 0.6) is 0 Å². The fourth-order valence-corrected chi connectivity index (χ4v) is 2.62. The number of amides is 1. The molecule has 0 fully saturated rings. The molecule has 0 radical (unpaired) electrons. The summed E-state index contributed by atoms with van der Waals surface area (Å²) in [6.45, 7) is 0. The lowest BCUT2D eigenvalue weighted by molar-refractivity contribution is -0.129. The van der Waals surface area contributed by atoms with Gasteiger partial charge in [0.1, 0.15) is 16.5 Å². The molecule has 0 saturated heterocycles. The second kappa shape index (κ2) is 6.33. The first-order valence-corrected chi connectivity index (χ1v) is 7.47. The highest BCUT2D eigenvalue weighted by molar-refractivity contribution is 8.15. The van der Waals surface area contributed by atoms with Crippen molar-refractivity contribution in [3.8, 4) is 0 Å². The number of carbonyl (C=O) groups excluding carboxylic acids is 1. The molecule has 5 nitrogen and oxygen atoms in total. The standard InChI is InChI=1S/C15H11F2N3O2S/c16-15(17,14(21)18-10-5-2-1-3-6-10)23-13-9-11(19-20-13)12-7-4-8-22-12/h1-8H,9H2,(H,18,21). The van der Waals surface area contributed by atoms with Crippen LogP contribution in [0.15, 0.2) is 63.3 Å². The molecule has 3 rings (SSSR count). The zero-order chi connectivity index (χ0) is 16.3. The molecular weight excluding hydrogens is 324 g/mol. The predicted molar refractivity (Wildman–Crippen MR) is 84.9 cm³/mol. The Morgan fingerprint density at radius 2 is 1.96 bits per heavy atom. The number of para-hydroxylation sites is 1. The highest BCUT2D eigenvalue weighted by atomic mass is 32.2. The van der Waals surface area contributed by atoms with Crippen LogP contribution in [0, 0.1) is 0 Å². The van der Waals surface area contributed by atoms with Crippen molar-refractivity contribution < 1.29 is 18.0 Å². The first-order chi connectivity index (χ1) is 11.0. The second-order valence-electron chi connectivity index (χ2n) is 4.63. The van der Waals surface area contributed by atoms with E-state index in [1.807, 2.05) is 0 Å². The molecule has 8 heteroatoms. The van der Waals surface area contributed by atoms with Crippen LogP contribution in [0.4, 0.5) is 14.5 Å². The molecule has 1 aromatic carbocycles. The molecule has 1 aromatic heterocycles. The van der Waals surface area contributed by atoms with Gasteiger partial charge in [0.15, 0.2) is 0 Å². The summed E-state index contributed by atoms with van der Waals surface area (Å²) in [4.78, 5) is 11.7. The number of benzene rings is 1. The van der Waals surface area contributed by atoms with Crippen LogP contribution in [0.25, 0.3) is 0 Å². The topological polar surface area (TPSA) is 67.0 Å². The zero-order valence-corrected chi connectivity index (χ0v) is 12.5. The van der Waals surface area contributed by atoms with E-state index in [4.69, 9.17) is 4.42 Å². The van der Waals surface area contributed by atoms with Gasteiger partial charge in [0.25, 0.3) is 0 Å². The minimum Gasteiger partial charge on any atom is -0.463 e. The summed E-state index contributed by atoms with van der Waals surface area (Å²) in [5.74, 6) is -0.927. The summed E-state index contributed by atoms with van der Waals surface area (Å²) in [5.41, 5.74) is 0.760. The van der Waals surface area contributed by atoms with Crippen LogP contribution < -0.4 is 5.32 Å². The minimum absolute atomic E-state index is 0.0598. The van der Waals surface area contributed by atoms with Crippen molar-refractivity contribution in [1.82, 2.24) is 0 Å². The third kappa shape index (κ3) is 3.65. The lowest BCUT2D eigenvalue weighted by Gasteiger charge is -2.14. The summed E-state index contributed by atoms with van der Waals surface area (Å²) in [7, 11) is 0. The number of nitrogens with one attached hydrogen (secondary N) is 1. The number of carbonyl (C=O) groups is 1. The molecule has 0 unspecified atom stereocenters. The number of halogens is 2. The minimum atomic E-state index is -3.65. The summed E-state index contributed by atoms with van der Waals surface area (Å²) < 4.78 is 33.2. The van der Waals surface area contributed by atoms with Gasteiger partial charge in [-0.15, -0.1) is 5.10 Å². The van der Waals surface area contributed by atoms with Crippen LogP contribution >= 0.6 is 11.8 Å². The van der Waals surface area contributed by atoms with Crippen molar-refractivity contribution in [3.63, 3.8) is 0 Å². The van der Waals surface area contributed by atoms with Gasteiger partial charge in [0, 0.05) is 12.1 Å². The van der Waals surface area contributed by atoms with Gasteiger partial charge in [-0.1, -0.05) is 18.2 Å². The molecule has 1 amide bonds. The van der Waals surface area contributed by atoms with E-state index in [0.717, 1.165) is 0 Å². The van der Waals surface area contributed by atoms with Gasteiger partial charge in [-0.25, -0.2) is 0 Å². The number of hydrogen-bond donors (Lipinski definition) is 1. The van der Waals surface area contributed by atoms with Crippen molar-refractivity contribution >= 4 is 34.1 Å². The van der Waals surface area contributed by atoms with Crippen LogP contribution in [0.3, 0.4) is 0 Å². The first kappa shape index (κ1) is 15.4. The van der Waals surface area contributed by atoms with Crippen LogP contribution in [-0.4, -0.2) is 21.9 Å². The Bertz CT molecular complexity index is 758. The van der Waals surface area contributed by atoms with Crippen molar-refractivity contribution in [2.75, 3.05) is 5.32 Å². The summed E-state index contributed by atoms with van der Waals surface area (Å²) in [6, 6.07) is 11.4. The van der Waals surface area contributed by atoms with Crippen LogP contribution in [0.1, 0.15) is 12.2 Å². The molecule has 0 aliphatic carbocycles. The molecule has 118 valence electrons. The lowest BCUT2D eigenvalue weighted by atomic mass is 10.2. The number of nitrogens with zero attached hydrogens (tertiary/aromatic N) is 2. The molecule has 0 saturated carbocycles. The van der Waals surface area contributed by atoms with E-state index in [2.05, 4.69) is 15.5 Å². The van der Waals surface area contributed by atoms with Crippen molar-refractivity contribution in [1.29, 1.82) is 0 Å². The summed E-state index contributed by atoms with van der Waals surface area (Å²) in [6.07, 6.45) is 1.57. The molecule has 0 atom stereocenters. The van der Waals surface area contributed by atoms with E-state index in [1.54, 1.807) is 30.3 Å². The molecule has 2 heterocycles. The molecule has 0 bridgehead atoms. The molecule has 23 heavy (non-hydrogen) atoms. The maximum Gasteiger partial charge on any atom is 0.376 e. The third-order valence-electron chi connectivity index (χ3n) is 2.95. The number of furan rings is 1. The second-order valence-corrected chi connectivity index (χ2v) is 5.82. The van der Waals surface area contributed by atoms with Gasteiger partial charge in [-0.3, -0.25) is 4.79 Å². The predicted octanol–water partition coefficient (Wildman–Crippen LogP) is 3.75. The lowest BCUT2D eigenvalue weighted by Crippen LogP contribution is -2.32. The Kier molecular flexibility index (Phi) is 4.24. The molecular formula is C15H11F2N3O2S. The van der Waals surface area contributed by atoms with Crippen LogP contribution in [0.2, 0.25) is 0 Å².